The molecular formula is C14H14BrFN2O. The Morgan fingerprint density at radius 3 is 2.79 bits per heavy atom. The lowest BCUT2D eigenvalue weighted by Gasteiger charge is -2.07. The fourth-order valence-electron chi connectivity index (χ4n) is 1.66. The zero-order chi connectivity index (χ0) is 13.7. The topological polar surface area (TPSA) is 34.1 Å². The summed E-state index contributed by atoms with van der Waals surface area (Å²) in [7, 11) is 1.59. The van der Waals surface area contributed by atoms with Gasteiger partial charge in [0.25, 0.3) is 0 Å². The highest BCUT2D eigenvalue weighted by molar-refractivity contribution is 9.10. The molecule has 2 rings (SSSR count). The fraction of sp³-hybridized carbons (Fsp3) is 0.214. The van der Waals surface area contributed by atoms with Gasteiger partial charge >= 0.3 is 0 Å². The molecule has 0 aliphatic heterocycles. The third kappa shape index (κ3) is 4.01. The molecule has 0 aliphatic rings. The highest BCUT2D eigenvalue weighted by atomic mass is 79.9. The third-order valence-electron chi connectivity index (χ3n) is 2.66. The molecule has 1 aromatic carbocycles. The SMILES string of the molecule is COc1ccc(CNCc2cc(F)ccc2Br)cn1. The molecular weight excluding hydrogens is 311 g/mol. The number of aromatic nitrogens is 1. The highest BCUT2D eigenvalue weighted by Gasteiger charge is 2.02. The van der Waals surface area contributed by atoms with E-state index in [1.807, 2.05) is 12.1 Å². The van der Waals surface area contributed by atoms with Crippen LogP contribution in [0.15, 0.2) is 41.0 Å². The van der Waals surface area contributed by atoms with Crippen molar-refractivity contribution in [2.24, 2.45) is 0 Å². The van der Waals surface area contributed by atoms with Gasteiger partial charge in [0.05, 0.1) is 7.11 Å². The van der Waals surface area contributed by atoms with Gasteiger partial charge in [0.1, 0.15) is 5.82 Å². The Labute approximate surface area is 119 Å². The van der Waals surface area contributed by atoms with Crippen molar-refractivity contribution in [1.29, 1.82) is 0 Å². The summed E-state index contributed by atoms with van der Waals surface area (Å²) >= 11 is 3.40. The van der Waals surface area contributed by atoms with E-state index in [4.69, 9.17) is 4.74 Å². The molecule has 19 heavy (non-hydrogen) atoms. The summed E-state index contributed by atoms with van der Waals surface area (Å²) in [5.74, 6) is 0.364. The average molecular weight is 325 g/mol. The number of rotatable bonds is 5. The molecule has 0 saturated carbocycles. The van der Waals surface area contributed by atoms with Crippen LogP contribution >= 0.6 is 15.9 Å². The molecule has 0 amide bonds. The van der Waals surface area contributed by atoms with E-state index in [2.05, 4.69) is 26.2 Å². The smallest absolute Gasteiger partial charge is 0.212 e. The Kier molecular flexibility index (Phi) is 4.87. The summed E-state index contributed by atoms with van der Waals surface area (Å²) in [5.41, 5.74) is 1.94. The van der Waals surface area contributed by atoms with Crippen molar-refractivity contribution in [2.45, 2.75) is 13.1 Å². The Hall–Kier alpha value is -1.46. The molecule has 0 unspecified atom stereocenters. The lowest BCUT2D eigenvalue weighted by molar-refractivity contribution is 0.397. The lowest BCUT2D eigenvalue weighted by atomic mass is 10.2. The molecule has 3 nitrogen and oxygen atoms in total. The van der Waals surface area contributed by atoms with Crippen LogP contribution in [0.5, 0.6) is 5.88 Å². The maximum Gasteiger partial charge on any atom is 0.212 e. The van der Waals surface area contributed by atoms with Gasteiger partial charge in [0.2, 0.25) is 5.88 Å². The zero-order valence-electron chi connectivity index (χ0n) is 10.5. The Morgan fingerprint density at radius 2 is 2.11 bits per heavy atom. The maximum atomic E-state index is 13.1. The fourth-order valence-corrected chi connectivity index (χ4v) is 2.04. The molecule has 0 radical (unpaired) electrons. The minimum atomic E-state index is -0.230. The number of nitrogens with zero attached hydrogens (tertiary/aromatic N) is 1. The summed E-state index contributed by atoms with van der Waals surface area (Å²) in [4.78, 5) is 4.12. The van der Waals surface area contributed by atoms with E-state index in [1.165, 1.54) is 12.1 Å². The van der Waals surface area contributed by atoms with E-state index in [1.54, 1.807) is 19.4 Å². The minimum absolute atomic E-state index is 0.230. The van der Waals surface area contributed by atoms with Crippen LogP contribution in [-0.2, 0) is 13.1 Å². The second-order valence-corrected chi connectivity index (χ2v) is 4.90. The average Bonchev–Trinajstić information content (AvgIpc) is 2.43. The van der Waals surface area contributed by atoms with Crippen LogP contribution in [0, 0.1) is 5.82 Å². The van der Waals surface area contributed by atoms with E-state index in [-0.39, 0.29) is 5.82 Å². The number of hydrogen-bond acceptors (Lipinski definition) is 3. The largest absolute Gasteiger partial charge is 0.481 e. The summed E-state index contributed by atoms with van der Waals surface area (Å²) in [6.45, 7) is 1.25. The molecule has 1 aromatic heterocycles. The van der Waals surface area contributed by atoms with Gasteiger partial charge in [-0.25, -0.2) is 9.37 Å². The zero-order valence-corrected chi connectivity index (χ0v) is 12.1. The standard InChI is InChI=1S/C14H14BrFN2O/c1-19-14-5-2-10(8-18-14)7-17-9-11-6-12(16)3-4-13(11)15/h2-6,8,17H,7,9H2,1H3. The van der Waals surface area contributed by atoms with Crippen LogP contribution in [0.2, 0.25) is 0 Å². The van der Waals surface area contributed by atoms with Crippen LogP contribution in [0.3, 0.4) is 0 Å². The van der Waals surface area contributed by atoms with Gasteiger partial charge in [0.15, 0.2) is 0 Å². The number of nitrogens with one attached hydrogen (secondary N) is 1. The Morgan fingerprint density at radius 1 is 1.26 bits per heavy atom. The first-order valence-electron chi connectivity index (χ1n) is 5.82. The van der Waals surface area contributed by atoms with Crippen molar-refractivity contribution < 1.29 is 9.13 Å². The van der Waals surface area contributed by atoms with Crippen LogP contribution in [0.1, 0.15) is 11.1 Å². The van der Waals surface area contributed by atoms with Gasteiger partial charge in [0, 0.05) is 29.8 Å². The molecule has 0 atom stereocenters. The van der Waals surface area contributed by atoms with E-state index >= 15 is 0 Å². The lowest BCUT2D eigenvalue weighted by Crippen LogP contribution is -2.13. The molecule has 0 bridgehead atoms. The summed E-state index contributed by atoms with van der Waals surface area (Å²) < 4.78 is 19.0. The van der Waals surface area contributed by atoms with Gasteiger partial charge in [-0.3, -0.25) is 0 Å². The third-order valence-corrected chi connectivity index (χ3v) is 3.43. The summed E-state index contributed by atoms with van der Waals surface area (Å²) in [5, 5.41) is 3.25. The highest BCUT2D eigenvalue weighted by Crippen LogP contribution is 2.17. The van der Waals surface area contributed by atoms with E-state index in [9.17, 15) is 4.39 Å². The molecule has 1 heterocycles. The van der Waals surface area contributed by atoms with Crippen LogP contribution in [0.4, 0.5) is 4.39 Å². The number of hydrogen-bond donors (Lipinski definition) is 1. The molecule has 0 fully saturated rings. The molecule has 1 N–H and O–H groups in total. The van der Waals surface area contributed by atoms with Gasteiger partial charge in [-0.1, -0.05) is 22.0 Å². The van der Waals surface area contributed by atoms with Crippen molar-refractivity contribution >= 4 is 15.9 Å². The Bertz CT molecular complexity index is 546. The van der Waals surface area contributed by atoms with Gasteiger partial charge in [-0.2, -0.15) is 0 Å². The normalized spacial score (nSPS) is 10.5. The first-order valence-corrected chi connectivity index (χ1v) is 6.62. The predicted molar refractivity (Wildman–Crippen MR) is 75.4 cm³/mol. The van der Waals surface area contributed by atoms with Crippen molar-refractivity contribution in [3.8, 4) is 5.88 Å². The van der Waals surface area contributed by atoms with Crippen LogP contribution < -0.4 is 10.1 Å². The van der Waals surface area contributed by atoms with Crippen molar-refractivity contribution in [2.75, 3.05) is 7.11 Å². The number of pyridine rings is 1. The van der Waals surface area contributed by atoms with Crippen LogP contribution in [-0.4, -0.2) is 12.1 Å². The first kappa shape index (κ1) is 14.0. The number of methoxy groups -OCH3 is 1. The quantitative estimate of drug-likeness (QED) is 0.916. The maximum absolute atomic E-state index is 13.1. The first-order chi connectivity index (χ1) is 9.19. The molecule has 100 valence electrons. The van der Waals surface area contributed by atoms with E-state index in [0.29, 0.717) is 19.0 Å². The van der Waals surface area contributed by atoms with Gasteiger partial charge < -0.3 is 10.1 Å². The van der Waals surface area contributed by atoms with E-state index < -0.39 is 0 Å². The van der Waals surface area contributed by atoms with Gasteiger partial charge in [-0.15, -0.1) is 0 Å². The second-order valence-electron chi connectivity index (χ2n) is 4.05. The molecule has 2 aromatic rings. The monoisotopic (exact) mass is 324 g/mol. The molecule has 5 heteroatoms. The summed E-state index contributed by atoms with van der Waals surface area (Å²) in [6.07, 6.45) is 1.76. The molecule has 0 aliphatic carbocycles. The second kappa shape index (κ2) is 6.63. The number of halogens is 2. The van der Waals surface area contributed by atoms with Gasteiger partial charge in [-0.05, 0) is 29.3 Å². The Balaban J connectivity index is 1.90. The van der Waals surface area contributed by atoms with Crippen molar-refractivity contribution in [3.05, 3.63) is 57.9 Å². The summed E-state index contributed by atoms with van der Waals surface area (Å²) in [6, 6.07) is 8.42. The van der Waals surface area contributed by atoms with Crippen molar-refractivity contribution in [1.82, 2.24) is 10.3 Å². The van der Waals surface area contributed by atoms with Crippen LogP contribution in [0.25, 0.3) is 0 Å². The molecule has 0 saturated heterocycles. The van der Waals surface area contributed by atoms with Crippen molar-refractivity contribution in [3.63, 3.8) is 0 Å². The number of ether oxygens (including phenoxy) is 1. The predicted octanol–water partition coefficient (Wildman–Crippen LogP) is 3.28. The molecule has 0 spiro atoms. The minimum Gasteiger partial charge on any atom is -0.481 e. The number of benzene rings is 1. The van der Waals surface area contributed by atoms with E-state index in [0.717, 1.165) is 15.6 Å².